The van der Waals surface area contributed by atoms with Crippen molar-refractivity contribution < 1.29 is 18.3 Å². The normalized spacial score (nSPS) is 11.1. The van der Waals surface area contributed by atoms with Gasteiger partial charge in [0, 0.05) is 5.69 Å². The van der Waals surface area contributed by atoms with E-state index in [1.54, 1.807) is 6.07 Å². The van der Waals surface area contributed by atoms with Crippen molar-refractivity contribution >= 4 is 22.2 Å². The van der Waals surface area contributed by atoms with E-state index in [0.717, 1.165) is 23.7 Å². The van der Waals surface area contributed by atoms with Crippen LogP contribution in [0.3, 0.4) is 0 Å². The maximum atomic E-state index is 12.4. The van der Waals surface area contributed by atoms with E-state index in [4.69, 9.17) is 5.26 Å². The molecule has 1 aromatic heterocycles. The Morgan fingerprint density at radius 1 is 1.26 bits per heavy atom. The van der Waals surface area contributed by atoms with Crippen LogP contribution in [0.15, 0.2) is 24.3 Å². The summed E-state index contributed by atoms with van der Waals surface area (Å²) >= 11 is 0.849. The van der Waals surface area contributed by atoms with Crippen LogP contribution in [0.4, 0.5) is 23.9 Å². The van der Waals surface area contributed by atoms with Crippen LogP contribution in [0.5, 0.6) is 5.88 Å². The number of anilines is 2. The molecule has 0 spiro atoms. The third-order valence-corrected chi connectivity index (χ3v) is 3.01. The van der Waals surface area contributed by atoms with E-state index in [1.807, 2.05) is 0 Å². The summed E-state index contributed by atoms with van der Waals surface area (Å²) in [6.07, 6.45) is -4.39. The van der Waals surface area contributed by atoms with Crippen molar-refractivity contribution in [1.29, 1.82) is 5.26 Å². The quantitative estimate of drug-likeness (QED) is 0.886. The second-order valence-electron chi connectivity index (χ2n) is 3.52. The molecule has 1 aromatic carbocycles. The number of halogens is 3. The number of alkyl halides is 3. The van der Waals surface area contributed by atoms with Gasteiger partial charge in [-0.2, -0.15) is 22.8 Å². The van der Waals surface area contributed by atoms with E-state index in [2.05, 4.69) is 9.69 Å². The average molecular weight is 285 g/mol. The molecule has 0 saturated heterocycles. The van der Waals surface area contributed by atoms with Crippen molar-refractivity contribution in [2.45, 2.75) is 6.18 Å². The molecule has 0 aliphatic carbocycles. The Bertz CT molecular complexity index is 628. The van der Waals surface area contributed by atoms with Crippen molar-refractivity contribution in [3.05, 3.63) is 35.4 Å². The van der Waals surface area contributed by atoms with Crippen LogP contribution in [0.1, 0.15) is 11.1 Å². The van der Waals surface area contributed by atoms with Crippen LogP contribution in [0.25, 0.3) is 0 Å². The highest BCUT2D eigenvalue weighted by atomic mass is 32.1. The van der Waals surface area contributed by atoms with Crippen molar-refractivity contribution in [2.24, 2.45) is 0 Å². The first-order chi connectivity index (χ1) is 8.91. The van der Waals surface area contributed by atoms with Gasteiger partial charge < -0.3 is 10.4 Å². The lowest BCUT2D eigenvalue weighted by Crippen LogP contribution is -2.04. The van der Waals surface area contributed by atoms with Gasteiger partial charge in [0.1, 0.15) is 11.1 Å². The molecule has 19 heavy (non-hydrogen) atoms. The standard InChI is InChI=1S/C11H6F3N3OS/c12-11(13,14)6-1-3-7(4-2-6)16-10-8(5-15)9(18)17-19-10/h1-4,16H,(H,17,18). The summed E-state index contributed by atoms with van der Waals surface area (Å²) in [6, 6.07) is 6.08. The van der Waals surface area contributed by atoms with Crippen LogP contribution in [-0.4, -0.2) is 9.48 Å². The molecular weight excluding hydrogens is 279 g/mol. The zero-order valence-corrected chi connectivity index (χ0v) is 10.0. The van der Waals surface area contributed by atoms with Gasteiger partial charge in [0.2, 0.25) is 5.88 Å². The van der Waals surface area contributed by atoms with Gasteiger partial charge in [-0.15, -0.1) is 0 Å². The number of nitriles is 1. The minimum atomic E-state index is -4.39. The second kappa shape index (κ2) is 4.78. The van der Waals surface area contributed by atoms with E-state index in [0.29, 0.717) is 5.69 Å². The summed E-state index contributed by atoms with van der Waals surface area (Å²) in [5.74, 6) is -0.401. The molecule has 0 aliphatic heterocycles. The molecule has 0 aliphatic rings. The average Bonchev–Trinajstić information content (AvgIpc) is 2.69. The van der Waals surface area contributed by atoms with Gasteiger partial charge in [-0.25, -0.2) is 0 Å². The molecule has 0 unspecified atom stereocenters. The lowest BCUT2D eigenvalue weighted by atomic mass is 10.2. The Hall–Kier alpha value is -2.27. The number of nitrogens with zero attached hydrogens (tertiary/aromatic N) is 2. The molecule has 98 valence electrons. The van der Waals surface area contributed by atoms with Gasteiger partial charge in [-0.1, -0.05) is 0 Å². The number of aromatic nitrogens is 1. The molecule has 1 heterocycles. The molecule has 0 bridgehead atoms. The third-order valence-electron chi connectivity index (χ3n) is 2.26. The molecule has 0 saturated carbocycles. The van der Waals surface area contributed by atoms with E-state index >= 15 is 0 Å². The summed E-state index contributed by atoms with van der Waals surface area (Å²) in [5, 5.41) is 21.0. The molecule has 2 N–H and O–H groups in total. The molecule has 0 fully saturated rings. The zero-order chi connectivity index (χ0) is 14.0. The van der Waals surface area contributed by atoms with Gasteiger partial charge in [-0.3, -0.25) is 0 Å². The van der Waals surface area contributed by atoms with Gasteiger partial charge in [0.15, 0.2) is 5.56 Å². The Morgan fingerprint density at radius 2 is 1.89 bits per heavy atom. The molecule has 2 rings (SSSR count). The minimum absolute atomic E-state index is 0.0371. The lowest BCUT2D eigenvalue weighted by Gasteiger charge is -2.08. The number of nitrogens with one attached hydrogen (secondary N) is 1. The summed E-state index contributed by atoms with van der Waals surface area (Å²) in [6.45, 7) is 0. The molecule has 8 heteroatoms. The smallest absolute Gasteiger partial charge is 0.416 e. The van der Waals surface area contributed by atoms with E-state index in [9.17, 15) is 18.3 Å². The SMILES string of the molecule is N#Cc1c(O)nsc1Nc1ccc(C(F)(F)F)cc1. The number of hydrogen-bond donors (Lipinski definition) is 2. The van der Waals surface area contributed by atoms with Gasteiger partial charge in [0.05, 0.1) is 5.56 Å². The summed E-state index contributed by atoms with van der Waals surface area (Å²) in [7, 11) is 0. The van der Waals surface area contributed by atoms with Crippen LogP contribution < -0.4 is 5.32 Å². The fourth-order valence-corrected chi connectivity index (χ4v) is 2.00. The lowest BCUT2D eigenvalue weighted by molar-refractivity contribution is -0.137. The monoisotopic (exact) mass is 285 g/mol. The number of benzene rings is 1. The second-order valence-corrected chi connectivity index (χ2v) is 4.30. The zero-order valence-electron chi connectivity index (χ0n) is 9.19. The van der Waals surface area contributed by atoms with E-state index in [-0.39, 0.29) is 10.6 Å². The molecular formula is C11H6F3N3OS. The van der Waals surface area contributed by atoms with E-state index < -0.39 is 17.6 Å². The summed E-state index contributed by atoms with van der Waals surface area (Å²) < 4.78 is 40.7. The van der Waals surface area contributed by atoms with Crippen LogP contribution in [0.2, 0.25) is 0 Å². The van der Waals surface area contributed by atoms with Crippen LogP contribution in [-0.2, 0) is 6.18 Å². The Balaban J connectivity index is 2.23. The van der Waals surface area contributed by atoms with Crippen LogP contribution >= 0.6 is 11.5 Å². The first-order valence-electron chi connectivity index (χ1n) is 4.95. The molecule has 0 radical (unpaired) electrons. The van der Waals surface area contributed by atoms with Crippen molar-refractivity contribution in [3.8, 4) is 11.9 Å². The van der Waals surface area contributed by atoms with Gasteiger partial charge in [0.25, 0.3) is 0 Å². The highest BCUT2D eigenvalue weighted by Crippen LogP contribution is 2.33. The molecule has 4 nitrogen and oxygen atoms in total. The molecule has 0 amide bonds. The Labute approximate surface area is 109 Å². The van der Waals surface area contributed by atoms with Gasteiger partial charge >= 0.3 is 6.18 Å². The van der Waals surface area contributed by atoms with Crippen molar-refractivity contribution in [3.63, 3.8) is 0 Å². The maximum Gasteiger partial charge on any atom is 0.416 e. The maximum absolute atomic E-state index is 12.4. The first-order valence-corrected chi connectivity index (χ1v) is 5.72. The Morgan fingerprint density at radius 3 is 2.42 bits per heavy atom. The Kier molecular flexibility index (Phi) is 3.31. The highest BCUT2D eigenvalue weighted by Gasteiger charge is 2.29. The minimum Gasteiger partial charge on any atom is -0.492 e. The number of aromatic hydroxyl groups is 1. The number of hydrogen-bond acceptors (Lipinski definition) is 5. The first kappa shape index (κ1) is 13.2. The third kappa shape index (κ3) is 2.77. The predicted molar refractivity (Wildman–Crippen MR) is 63.2 cm³/mol. The summed E-state index contributed by atoms with van der Waals surface area (Å²) in [4.78, 5) is 0. The number of rotatable bonds is 2. The fourth-order valence-electron chi connectivity index (χ4n) is 1.34. The van der Waals surface area contributed by atoms with E-state index in [1.165, 1.54) is 12.1 Å². The molecule has 0 atom stereocenters. The van der Waals surface area contributed by atoms with Crippen LogP contribution in [0, 0.1) is 11.3 Å². The fraction of sp³-hybridized carbons (Fsp3) is 0.0909. The highest BCUT2D eigenvalue weighted by molar-refractivity contribution is 7.10. The predicted octanol–water partition coefficient (Wildman–Crippen LogP) is 3.48. The summed E-state index contributed by atoms with van der Waals surface area (Å²) in [5.41, 5.74) is -0.427. The van der Waals surface area contributed by atoms with Crippen molar-refractivity contribution in [2.75, 3.05) is 5.32 Å². The molecule has 2 aromatic rings. The van der Waals surface area contributed by atoms with Gasteiger partial charge in [-0.05, 0) is 35.8 Å². The largest absolute Gasteiger partial charge is 0.492 e. The van der Waals surface area contributed by atoms with Crippen molar-refractivity contribution in [1.82, 2.24) is 4.37 Å². The topological polar surface area (TPSA) is 68.9 Å².